The van der Waals surface area contributed by atoms with Crippen LogP contribution < -0.4 is 24.8 Å². The number of benzene rings is 1. The number of hydrogen-bond acceptors (Lipinski definition) is 11. The van der Waals surface area contributed by atoms with Crippen LogP contribution >= 0.6 is 0 Å². The molecule has 2 bridgehead atoms. The molecule has 1 aromatic carbocycles. The molecule has 5 fully saturated rings. The molecule has 1 aromatic heterocycles. The third kappa shape index (κ3) is 9.71. The van der Waals surface area contributed by atoms with Crippen LogP contribution in [0.2, 0.25) is 0 Å². The number of allylic oxidation sites excluding steroid dienone is 2. The minimum Gasteiger partial charge on any atom is -0.492 e. The number of nitrogens with zero attached hydrogens (tertiary/aromatic N) is 3. The second kappa shape index (κ2) is 18.2. The van der Waals surface area contributed by atoms with Gasteiger partial charge in [-0.15, -0.1) is 6.58 Å². The van der Waals surface area contributed by atoms with Gasteiger partial charge in [0.25, 0.3) is 5.91 Å². The number of fused-ring (bicyclic) bond motifs is 5. The predicted molar refractivity (Wildman–Crippen MR) is 242 cm³/mol. The van der Waals surface area contributed by atoms with Crippen molar-refractivity contribution in [1.82, 2.24) is 30.1 Å². The van der Waals surface area contributed by atoms with Gasteiger partial charge in [0, 0.05) is 37.2 Å². The number of pyridine rings is 1. The molecule has 2 aromatic rings. The molecule has 5 amide bonds. The van der Waals surface area contributed by atoms with Crippen LogP contribution in [-0.2, 0) is 40.4 Å². The van der Waals surface area contributed by atoms with E-state index in [4.69, 9.17) is 19.2 Å². The Bertz CT molecular complexity index is 2360. The van der Waals surface area contributed by atoms with Gasteiger partial charge in [-0.25, -0.2) is 18.2 Å². The highest BCUT2D eigenvalue weighted by molar-refractivity contribution is 7.91. The van der Waals surface area contributed by atoms with Crippen molar-refractivity contribution >= 4 is 50.6 Å². The van der Waals surface area contributed by atoms with E-state index in [1.165, 1.54) is 11.0 Å². The number of alkyl carbamates (subject to hydrolysis) is 1. The highest BCUT2D eigenvalue weighted by atomic mass is 32.2. The largest absolute Gasteiger partial charge is 0.492 e. The maximum absolute atomic E-state index is 15.0. The summed E-state index contributed by atoms with van der Waals surface area (Å²) in [6.07, 6.45) is 11.3. The first-order valence-electron chi connectivity index (χ1n) is 23.4. The van der Waals surface area contributed by atoms with Crippen molar-refractivity contribution in [3.63, 3.8) is 0 Å². The van der Waals surface area contributed by atoms with E-state index in [0.29, 0.717) is 68.5 Å². The maximum atomic E-state index is 15.0. The molecule has 17 heteroatoms. The molecular weight excluding hydrogens is 853 g/mol. The fourth-order valence-electron chi connectivity index (χ4n) is 9.88. The molecule has 7 atom stereocenters. The quantitative estimate of drug-likeness (QED) is 0.197. The van der Waals surface area contributed by atoms with Gasteiger partial charge in [0.15, 0.2) is 0 Å². The first kappa shape index (κ1) is 46.3. The number of sulfonamides is 1. The second-order valence-electron chi connectivity index (χ2n) is 20.1. The molecule has 65 heavy (non-hydrogen) atoms. The number of hydrogen-bond donors (Lipinski definition) is 3. The predicted octanol–water partition coefficient (Wildman–Crippen LogP) is 5.24. The molecule has 0 spiro atoms. The Balaban J connectivity index is 1.14. The molecule has 6 aliphatic rings. The molecule has 2 saturated heterocycles. The van der Waals surface area contributed by atoms with E-state index in [1.807, 2.05) is 49.9 Å². The molecular formula is C48H64N6O10S. The molecule has 3 aliphatic heterocycles. The summed E-state index contributed by atoms with van der Waals surface area (Å²) in [6.45, 7) is 12.5. The Morgan fingerprint density at radius 1 is 1.08 bits per heavy atom. The van der Waals surface area contributed by atoms with Crippen LogP contribution in [0.4, 0.5) is 4.79 Å². The number of aromatic nitrogens is 1. The van der Waals surface area contributed by atoms with Gasteiger partial charge in [0.1, 0.15) is 35.6 Å². The van der Waals surface area contributed by atoms with Crippen molar-refractivity contribution in [2.75, 3.05) is 26.2 Å². The SMILES string of the molecule is C=C[C@@H]1C[C@]1(NC(=O)[C@@H]1C[C@@H]2CN1C(=O)[C@H](C(C)(C)C)NC(=O)O[C@@H]1CCC[C@H]1CCC=CCc1c(nc3ccccc3c1OCCCN1CCCC1=O)O2)C(=O)NS(=O)(=O)C1(C)CC1. The number of nitrogens with one attached hydrogen (secondary N) is 3. The third-order valence-electron chi connectivity index (χ3n) is 14.3. The zero-order valence-corrected chi connectivity index (χ0v) is 38.9. The van der Waals surface area contributed by atoms with Crippen molar-refractivity contribution in [1.29, 1.82) is 0 Å². The lowest BCUT2D eigenvalue weighted by Gasteiger charge is -2.35. The normalized spacial score (nSPS) is 29.1. The van der Waals surface area contributed by atoms with Gasteiger partial charge >= 0.3 is 6.09 Å². The summed E-state index contributed by atoms with van der Waals surface area (Å²) >= 11 is 0. The summed E-state index contributed by atoms with van der Waals surface area (Å²) in [4.78, 5) is 77.8. The summed E-state index contributed by atoms with van der Waals surface area (Å²) < 4.78 is 47.0. The van der Waals surface area contributed by atoms with Gasteiger partial charge in [-0.3, -0.25) is 23.9 Å². The van der Waals surface area contributed by atoms with Crippen LogP contribution in [0.25, 0.3) is 10.9 Å². The van der Waals surface area contributed by atoms with Crippen molar-refractivity contribution in [3.05, 3.63) is 54.6 Å². The number of carbonyl (C=O) groups is 5. The summed E-state index contributed by atoms with van der Waals surface area (Å²) in [5.74, 6) is -1.46. The Labute approximate surface area is 381 Å². The topological polar surface area (TPSA) is 203 Å². The highest BCUT2D eigenvalue weighted by Crippen LogP contribution is 2.47. The van der Waals surface area contributed by atoms with Crippen LogP contribution in [0.3, 0.4) is 0 Å². The maximum Gasteiger partial charge on any atom is 0.408 e. The van der Waals surface area contributed by atoms with Crippen molar-refractivity contribution in [2.24, 2.45) is 17.3 Å². The minimum absolute atomic E-state index is 0.0146. The molecule has 3 saturated carbocycles. The molecule has 8 rings (SSSR count). The second-order valence-corrected chi connectivity index (χ2v) is 22.3. The van der Waals surface area contributed by atoms with Crippen molar-refractivity contribution in [3.8, 4) is 11.6 Å². The number of amides is 5. The standard InChI is InChI=1S/C48H64N6O10S/c1-6-31-28-48(31,44(58)52-65(60,61)47(5)22-23-47)51-41(56)36-27-32-29-54(36)43(57)40(46(2,3)4)50-45(59)64-37-20-12-16-30(37)15-8-7-9-18-34-39(62-26-14-25-53-24-13-21-38(53)55)33-17-10-11-19-35(33)49-42(34)63-32/h6-7,9-11,17,19,30-32,36-37,40H,1,8,12-16,18,20-29H2,2-5H3,(H,50,59)(H,51,56)(H,52,58)/t30-,31-,32-,36+,37-,40-,48-/m1/s1. The Kier molecular flexibility index (Phi) is 13.0. The number of ether oxygens (including phenoxy) is 3. The van der Waals surface area contributed by atoms with Gasteiger partial charge < -0.3 is 34.6 Å². The summed E-state index contributed by atoms with van der Waals surface area (Å²) in [5, 5.41) is 6.51. The zero-order chi connectivity index (χ0) is 46.3. The fourth-order valence-corrected chi connectivity index (χ4v) is 11.2. The number of para-hydroxylation sites is 1. The third-order valence-corrected chi connectivity index (χ3v) is 16.5. The van der Waals surface area contributed by atoms with Crippen LogP contribution in [0.5, 0.6) is 11.6 Å². The zero-order valence-electron chi connectivity index (χ0n) is 38.1. The van der Waals surface area contributed by atoms with Crippen LogP contribution in [0.15, 0.2) is 49.1 Å². The fraction of sp³-hybridized carbons (Fsp3) is 0.625. The van der Waals surface area contributed by atoms with Gasteiger partial charge in [0.2, 0.25) is 33.6 Å². The molecule has 3 aliphatic carbocycles. The van der Waals surface area contributed by atoms with Crippen LogP contribution in [-0.4, -0.2) is 114 Å². The molecule has 16 nitrogen and oxygen atoms in total. The van der Waals surface area contributed by atoms with Gasteiger partial charge in [-0.2, -0.15) is 0 Å². The first-order valence-corrected chi connectivity index (χ1v) is 24.8. The van der Waals surface area contributed by atoms with E-state index in [9.17, 15) is 32.4 Å². The van der Waals surface area contributed by atoms with Gasteiger partial charge in [-0.05, 0) is 101 Å². The minimum atomic E-state index is -4.03. The first-order chi connectivity index (χ1) is 30.9. The molecule has 4 heterocycles. The van der Waals surface area contributed by atoms with E-state index in [2.05, 4.69) is 34.1 Å². The van der Waals surface area contributed by atoms with E-state index in [1.54, 1.807) is 6.92 Å². The molecule has 0 unspecified atom stereocenters. The average Bonchev–Trinajstić information content (AvgIpc) is 3.97. The van der Waals surface area contributed by atoms with E-state index >= 15 is 0 Å². The number of rotatable bonds is 11. The Morgan fingerprint density at radius 3 is 2.57 bits per heavy atom. The lowest BCUT2D eigenvalue weighted by molar-refractivity contribution is -0.143. The monoisotopic (exact) mass is 916 g/mol. The van der Waals surface area contributed by atoms with E-state index in [-0.39, 0.29) is 43.2 Å². The molecule has 0 radical (unpaired) electrons. The molecule has 3 N–H and O–H groups in total. The number of likely N-dealkylation sites (tertiary alicyclic amines) is 1. The average molecular weight is 917 g/mol. The Morgan fingerprint density at radius 2 is 1.86 bits per heavy atom. The summed E-state index contributed by atoms with van der Waals surface area (Å²) in [5.41, 5.74) is -1.12. The van der Waals surface area contributed by atoms with E-state index < -0.39 is 73.6 Å². The lowest BCUT2D eigenvalue weighted by Crippen LogP contribution is -2.60. The van der Waals surface area contributed by atoms with E-state index in [0.717, 1.165) is 44.0 Å². The summed E-state index contributed by atoms with van der Waals surface area (Å²) in [7, 11) is -4.03. The van der Waals surface area contributed by atoms with Crippen molar-refractivity contribution in [2.45, 2.75) is 146 Å². The smallest absolute Gasteiger partial charge is 0.408 e. The number of carbonyl (C=O) groups excluding carboxylic acids is 5. The van der Waals surface area contributed by atoms with Gasteiger partial charge in [-0.1, -0.05) is 51.1 Å². The van der Waals surface area contributed by atoms with Crippen LogP contribution in [0, 0.1) is 17.3 Å². The van der Waals surface area contributed by atoms with Gasteiger partial charge in [0.05, 0.1) is 29.0 Å². The Hall–Kier alpha value is -5.19. The lowest BCUT2D eigenvalue weighted by atomic mass is 9.85. The summed E-state index contributed by atoms with van der Waals surface area (Å²) in [6, 6.07) is 5.29. The van der Waals surface area contributed by atoms with Crippen LogP contribution in [0.1, 0.15) is 110 Å². The highest BCUT2D eigenvalue weighted by Gasteiger charge is 2.63. The van der Waals surface area contributed by atoms with Crippen molar-refractivity contribution < 1.29 is 46.6 Å². The molecule has 352 valence electrons.